The van der Waals surface area contributed by atoms with Crippen LogP contribution in [0, 0.1) is 11.3 Å². The maximum Gasteiger partial charge on any atom is 0.326 e. The number of carbonyl (C=O) groups excluding carboxylic acids is 1. The van der Waals surface area contributed by atoms with E-state index in [2.05, 4.69) is 13.8 Å². The average Bonchev–Trinajstić information content (AvgIpc) is 2.70. The van der Waals surface area contributed by atoms with Gasteiger partial charge in [0.2, 0.25) is 5.91 Å². The molecule has 0 radical (unpaired) electrons. The largest absolute Gasteiger partial charge is 0.480 e. The Morgan fingerprint density at radius 1 is 1.26 bits per heavy atom. The monoisotopic (exact) mass is 269 g/mol. The second kappa shape index (κ2) is 5.12. The van der Waals surface area contributed by atoms with E-state index in [4.69, 9.17) is 0 Å². The Morgan fingerprint density at radius 2 is 1.95 bits per heavy atom. The van der Waals surface area contributed by atoms with Crippen LogP contribution in [0.2, 0.25) is 0 Å². The molecule has 0 aromatic carbocycles. The molecule has 2 rings (SSSR count). The van der Waals surface area contributed by atoms with Gasteiger partial charge >= 0.3 is 5.97 Å². The third kappa shape index (κ3) is 2.76. The van der Waals surface area contributed by atoms with Gasteiger partial charge in [-0.1, -0.05) is 26.7 Å². The molecule has 1 saturated heterocycles. The van der Waals surface area contributed by atoms with Crippen LogP contribution in [0.15, 0.2) is 0 Å². The van der Waals surface area contributed by atoms with E-state index in [1.165, 1.54) is 4.90 Å². The zero-order valence-electron chi connectivity index (χ0n) is 11.6. The smallest absolute Gasteiger partial charge is 0.326 e. The van der Waals surface area contributed by atoms with Crippen molar-refractivity contribution >= 4 is 11.9 Å². The van der Waals surface area contributed by atoms with Crippen LogP contribution in [0.4, 0.5) is 0 Å². The maximum absolute atomic E-state index is 12.6. The summed E-state index contributed by atoms with van der Waals surface area (Å²) >= 11 is 0. The van der Waals surface area contributed by atoms with Crippen molar-refractivity contribution in [2.24, 2.45) is 11.3 Å². The molecule has 2 aliphatic rings. The molecule has 108 valence electrons. The van der Waals surface area contributed by atoms with E-state index in [0.29, 0.717) is 0 Å². The summed E-state index contributed by atoms with van der Waals surface area (Å²) < 4.78 is 0. The van der Waals surface area contributed by atoms with Gasteiger partial charge in [-0.2, -0.15) is 0 Å². The van der Waals surface area contributed by atoms with Crippen molar-refractivity contribution in [2.45, 2.75) is 58.1 Å². The van der Waals surface area contributed by atoms with Gasteiger partial charge in [0.15, 0.2) is 0 Å². The van der Waals surface area contributed by atoms with Crippen molar-refractivity contribution in [3.8, 4) is 0 Å². The first-order valence-electron chi connectivity index (χ1n) is 7.04. The molecule has 19 heavy (non-hydrogen) atoms. The van der Waals surface area contributed by atoms with E-state index >= 15 is 0 Å². The molecular weight excluding hydrogens is 246 g/mol. The van der Waals surface area contributed by atoms with Crippen LogP contribution in [-0.4, -0.2) is 45.7 Å². The Balaban J connectivity index is 2.16. The van der Waals surface area contributed by atoms with Crippen LogP contribution in [0.1, 0.15) is 46.0 Å². The highest BCUT2D eigenvalue weighted by Gasteiger charge is 2.45. The number of amides is 1. The number of likely N-dealkylation sites (tertiary alicyclic amines) is 1. The van der Waals surface area contributed by atoms with Crippen molar-refractivity contribution in [3.05, 3.63) is 0 Å². The van der Waals surface area contributed by atoms with Crippen LogP contribution >= 0.6 is 0 Å². The number of β-amino-alcohol motifs (C(OH)–C–C–N with tert-alkyl or cyclic N) is 1. The number of carboxylic acid groups (broad SMARTS) is 1. The van der Waals surface area contributed by atoms with Gasteiger partial charge in [0, 0.05) is 18.9 Å². The maximum atomic E-state index is 12.6. The van der Waals surface area contributed by atoms with Gasteiger partial charge in [-0.15, -0.1) is 0 Å². The second-order valence-electron chi connectivity index (χ2n) is 6.52. The number of hydrogen-bond donors (Lipinski definition) is 2. The molecule has 0 spiro atoms. The molecule has 5 heteroatoms. The third-order valence-electron chi connectivity index (χ3n) is 4.65. The van der Waals surface area contributed by atoms with Crippen LogP contribution in [0.3, 0.4) is 0 Å². The number of hydrogen-bond acceptors (Lipinski definition) is 3. The van der Waals surface area contributed by atoms with E-state index in [1.807, 2.05) is 0 Å². The number of aliphatic carboxylic acids is 1. The molecule has 5 nitrogen and oxygen atoms in total. The summed E-state index contributed by atoms with van der Waals surface area (Å²) in [7, 11) is 0. The van der Waals surface area contributed by atoms with Crippen molar-refractivity contribution in [1.29, 1.82) is 0 Å². The lowest BCUT2D eigenvalue weighted by Crippen LogP contribution is -2.48. The van der Waals surface area contributed by atoms with Gasteiger partial charge in [-0.25, -0.2) is 4.79 Å². The molecule has 1 amide bonds. The minimum absolute atomic E-state index is 0.0775. The lowest BCUT2D eigenvalue weighted by atomic mass is 9.68. The van der Waals surface area contributed by atoms with Crippen molar-refractivity contribution in [1.82, 2.24) is 4.90 Å². The predicted molar refractivity (Wildman–Crippen MR) is 69.5 cm³/mol. The highest BCUT2D eigenvalue weighted by molar-refractivity contribution is 5.86. The zero-order valence-corrected chi connectivity index (χ0v) is 11.6. The topological polar surface area (TPSA) is 77.8 Å². The van der Waals surface area contributed by atoms with Crippen LogP contribution in [0.5, 0.6) is 0 Å². The van der Waals surface area contributed by atoms with Gasteiger partial charge < -0.3 is 15.1 Å². The standard InChI is InChI=1S/C14H23NO4/c1-14(2)6-4-3-5-10(14)12(17)15-8-9(16)7-11(15)13(18)19/h9-11,16H,3-8H2,1-2H3,(H,18,19)/t9-,10?,11+/m1/s1. The quantitative estimate of drug-likeness (QED) is 0.791. The van der Waals surface area contributed by atoms with Crippen LogP contribution in [-0.2, 0) is 9.59 Å². The van der Waals surface area contributed by atoms with Crippen molar-refractivity contribution in [3.63, 3.8) is 0 Å². The van der Waals surface area contributed by atoms with E-state index in [-0.39, 0.29) is 30.2 Å². The van der Waals surface area contributed by atoms with Crippen molar-refractivity contribution in [2.75, 3.05) is 6.54 Å². The Labute approximate surface area is 113 Å². The fraction of sp³-hybridized carbons (Fsp3) is 0.857. The Hall–Kier alpha value is -1.10. The number of aliphatic hydroxyl groups is 1. The molecule has 1 saturated carbocycles. The molecule has 3 atom stereocenters. The van der Waals surface area contributed by atoms with Gasteiger partial charge in [-0.05, 0) is 18.3 Å². The number of nitrogens with zero attached hydrogens (tertiary/aromatic N) is 1. The molecule has 1 aliphatic heterocycles. The molecule has 1 unspecified atom stereocenters. The van der Waals surface area contributed by atoms with E-state index in [1.54, 1.807) is 0 Å². The second-order valence-corrected chi connectivity index (χ2v) is 6.52. The molecule has 0 aromatic rings. The zero-order chi connectivity index (χ0) is 14.2. The molecular formula is C14H23NO4. The summed E-state index contributed by atoms with van der Waals surface area (Å²) in [4.78, 5) is 25.2. The highest BCUT2D eigenvalue weighted by atomic mass is 16.4. The Bertz CT molecular complexity index is 380. The SMILES string of the molecule is CC1(C)CCCCC1C(=O)N1C[C@H](O)C[C@H]1C(=O)O. The first kappa shape index (κ1) is 14.3. The minimum Gasteiger partial charge on any atom is -0.480 e. The Morgan fingerprint density at radius 3 is 2.53 bits per heavy atom. The van der Waals surface area contributed by atoms with Crippen LogP contribution < -0.4 is 0 Å². The first-order chi connectivity index (χ1) is 8.83. The lowest BCUT2D eigenvalue weighted by molar-refractivity contribution is -0.152. The molecule has 1 heterocycles. The molecule has 0 aromatic heterocycles. The van der Waals surface area contributed by atoms with Gasteiger partial charge in [-0.3, -0.25) is 4.79 Å². The molecule has 0 bridgehead atoms. The summed E-state index contributed by atoms with van der Waals surface area (Å²) in [5.41, 5.74) is -0.0775. The Kier molecular flexibility index (Phi) is 3.85. The van der Waals surface area contributed by atoms with Crippen LogP contribution in [0.25, 0.3) is 0 Å². The average molecular weight is 269 g/mol. The van der Waals surface area contributed by atoms with Gasteiger partial charge in [0.25, 0.3) is 0 Å². The number of rotatable bonds is 2. The normalized spacial score (nSPS) is 34.3. The first-order valence-corrected chi connectivity index (χ1v) is 7.04. The number of aliphatic hydroxyl groups excluding tert-OH is 1. The number of carbonyl (C=O) groups is 2. The molecule has 1 aliphatic carbocycles. The van der Waals surface area contributed by atoms with E-state index in [0.717, 1.165) is 25.7 Å². The van der Waals surface area contributed by atoms with Gasteiger partial charge in [0.1, 0.15) is 6.04 Å². The molecule has 2 fully saturated rings. The minimum atomic E-state index is -1.02. The predicted octanol–water partition coefficient (Wildman–Crippen LogP) is 1.25. The molecule has 2 N–H and O–H groups in total. The summed E-state index contributed by atoms with van der Waals surface area (Å²) in [6, 6.07) is -0.861. The fourth-order valence-corrected chi connectivity index (χ4v) is 3.44. The van der Waals surface area contributed by atoms with Gasteiger partial charge in [0.05, 0.1) is 6.10 Å². The fourth-order valence-electron chi connectivity index (χ4n) is 3.44. The summed E-state index contributed by atoms with van der Waals surface area (Å²) in [5, 5.41) is 18.8. The van der Waals surface area contributed by atoms with E-state index in [9.17, 15) is 19.8 Å². The summed E-state index contributed by atoms with van der Waals surface area (Å²) in [6.45, 7) is 4.32. The highest BCUT2D eigenvalue weighted by Crippen LogP contribution is 2.42. The lowest BCUT2D eigenvalue weighted by Gasteiger charge is -2.40. The summed E-state index contributed by atoms with van der Waals surface area (Å²) in [5.74, 6) is -1.22. The van der Waals surface area contributed by atoms with Crippen molar-refractivity contribution < 1.29 is 19.8 Å². The number of carboxylic acids is 1. The third-order valence-corrected chi connectivity index (χ3v) is 4.65. The van der Waals surface area contributed by atoms with E-state index < -0.39 is 18.1 Å². The summed E-state index contributed by atoms with van der Waals surface area (Å²) in [6.07, 6.45) is 3.41.